The van der Waals surface area contributed by atoms with Gasteiger partial charge in [-0.1, -0.05) is 0 Å². The monoisotopic (exact) mass is 417 g/mol. The predicted octanol–water partition coefficient (Wildman–Crippen LogP) is 2.28. The Hall–Kier alpha value is -2.29. The van der Waals surface area contributed by atoms with Gasteiger partial charge in [0.1, 0.15) is 18.1 Å². The van der Waals surface area contributed by atoms with Crippen molar-refractivity contribution >= 4 is 22.6 Å². The summed E-state index contributed by atoms with van der Waals surface area (Å²) in [6, 6.07) is 5.88. The maximum atomic E-state index is 12.6. The van der Waals surface area contributed by atoms with Gasteiger partial charge in [0.2, 0.25) is 0 Å². The SMILES string of the molecule is CC(C)Oc1cc(N2CCOCC2)c2cc(C(=O)OCCN3CCOCC3)[nH]c2c1. The highest BCUT2D eigenvalue weighted by molar-refractivity contribution is 6.01. The molecule has 0 atom stereocenters. The van der Waals surface area contributed by atoms with Crippen molar-refractivity contribution in [3.05, 3.63) is 23.9 Å². The van der Waals surface area contributed by atoms with Crippen LogP contribution in [0.3, 0.4) is 0 Å². The van der Waals surface area contributed by atoms with Crippen molar-refractivity contribution in [2.24, 2.45) is 0 Å². The number of aromatic amines is 1. The molecule has 2 fully saturated rings. The van der Waals surface area contributed by atoms with Crippen molar-refractivity contribution < 1.29 is 23.7 Å². The fraction of sp³-hybridized carbons (Fsp3) is 0.591. The summed E-state index contributed by atoms with van der Waals surface area (Å²) in [4.78, 5) is 20.4. The lowest BCUT2D eigenvalue weighted by molar-refractivity contribution is 0.0193. The van der Waals surface area contributed by atoms with Gasteiger partial charge in [0.15, 0.2) is 0 Å². The van der Waals surface area contributed by atoms with Crippen LogP contribution in [0.5, 0.6) is 5.75 Å². The molecule has 30 heavy (non-hydrogen) atoms. The number of hydrogen-bond acceptors (Lipinski definition) is 7. The molecule has 1 aromatic carbocycles. The van der Waals surface area contributed by atoms with Gasteiger partial charge in [-0.15, -0.1) is 0 Å². The van der Waals surface area contributed by atoms with Gasteiger partial charge in [-0.05, 0) is 19.9 Å². The molecule has 1 aromatic heterocycles. The van der Waals surface area contributed by atoms with Gasteiger partial charge >= 0.3 is 5.97 Å². The number of H-pyrrole nitrogens is 1. The first kappa shape index (κ1) is 21.0. The molecular formula is C22H31N3O5. The molecule has 8 heteroatoms. The average molecular weight is 418 g/mol. The zero-order valence-electron chi connectivity index (χ0n) is 17.8. The minimum atomic E-state index is -0.335. The van der Waals surface area contributed by atoms with Crippen LogP contribution in [0.2, 0.25) is 0 Å². The number of rotatable bonds is 7. The lowest BCUT2D eigenvalue weighted by atomic mass is 10.1. The maximum Gasteiger partial charge on any atom is 0.354 e. The standard InChI is InChI=1S/C22H31N3O5/c1-16(2)30-17-13-19-18(21(14-17)25-6-10-28-11-7-25)15-20(23-19)22(26)29-12-5-24-3-8-27-9-4-24/h13-16,23H,3-12H2,1-2H3. The second-order valence-electron chi connectivity index (χ2n) is 7.94. The Labute approximate surface area is 177 Å². The number of carbonyl (C=O) groups is 1. The van der Waals surface area contributed by atoms with Crippen LogP contribution in [0.25, 0.3) is 10.9 Å². The summed E-state index contributed by atoms with van der Waals surface area (Å²) in [5.41, 5.74) is 2.38. The predicted molar refractivity (Wildman–Crippen MR) is 115 cm³/mol. The van der Waals surface area contributed by atoms with Crippen LogP contribution in [-0.2, 0) is 14.2 Å². The van der Waals surface area contributed by atoms with Crippen LogP contribution in [-0.4, -0.2) is 87.7 Å². The number of esters is 1. The van der Waals surface area contributed by atoms with Crippen LogP contribution in [0.1, 0.15) is 24.3 Å². The molecule has 1 N–H and O–H groups in total. The highest BCUT2D eigenvalue weighted by Crippen LogP contribution is 2.34. The first-order valence-electron chi connectivity index (χ1n) is 10.7. The van der Waals surface area contributed by atoms with Gasteiger partial charge in [-0.2, -0.15) is 0 Å². The molecule has 0 aliphatic carbocycles. The van der Waals surface area contributed by atoms with E-state index in [1.54, 1.807) is 0 Å². The second kappa shape index (κ2) is 9.68. The Bertz CT molecular complexity index is 854. The molecule has 0 amide bonds. The van der Waals surface area contributed by atoms with Crippen molar-refractivity contribution in [2.45, 2.75) is 20.0 Å². The largest absolute Gasteiger partial charge is 0.491 e. The molecule has 0 spiro atoms. The number of carbonyl (C=O) groups excluding carboxylic acids is 1. The van der Waals surface area contributed by atoms with Crippen LogP contribution in [0.15, 0.2) is 18.2 Å². The highest BCUT2D eigenvalue weighted by Gasteiger charge is 2.20. The van der Waals surface area contributed by atoms with Crippen LogP contribution in [0, 0.1) is 0 Å². The lowest BCUT2D eigenvalue weighted by Gasteiger charge is -2.30. The minimum absolute atomic E-state index is 0.0691. The van der Waals surface area contributed by atoms with Gasteiger partial charge < -0.3 is 28.8 Å². The Balaban J connectivity index is 1.51. The number of nitrogens with zero attached hydrogens (tertiary/aromatic N) is 2. The summed E-state index contributed by atoms with van der Waals surface area (Å²) in [5.74, 6) is 0.451. The molecule has 0 saturated carbocycles. The van der Waals surface area contributed by atoms with E-state index in [4.69, 9.17) is 18.9 Å². The first-order chi connectivity index (χ1) is 14.6. The van der Waals surface area contributed by atoms with Crippen molar-refractivity contribution in [1.29, 1.82) is 0 Å². The quantitative estimate of drug-likeness (QED) is 0.693. The van der Waals surface area contributed by atoms with Crippen molar-refractivity contribution in [3.8, 4) is 5.75 Å². The molecule has 3 heterocycles. The number of benzene rings is 1. The second-order valence-corrected chi connectivity index (χ2v) is 7.94. The zero-order valence-corrected chi connectivity index (χ0v) is 17.8. The molecule has 0 radical (unpaired) electrons. The van der Waals surface area contributed by atoms with Gasteiger partial charge in [0, 0.05) is 50.2 Å². The molecule has 2 saturated heterocycles. The van der Waals surface area contributed by atoms with Gasteiger partial charge in [-0.3, -0.25) is 4.90 Å². The molecule has 0 bridgehead atoms. The van der Waals surface area contributed by atoms with E-state index in [2.05, 4.69) is 20.9 Å². The number of anilines is 1. The van der Waals surface area contributed by atoms with Crippen LogP contribution < -0.4 is 9.64 Å². The van der Waals surface area contributed by atoms with Gasteiger partial charge in [0.05, 0.1) is 43.7 Å². The smallest absolute Gasteiger partial charge is 0.354 e. The van der Waals surface area contributed by atoms with E-state index in [9.17, 15) is 4.79 Å². The maximum absolute atomic E-state index is 12.6. The summed E-state index contributed by atoms with van der Waals surface area (Å²) in [6.07, 6.45) is 0.0691. The van der Waals surface area contributed by atoms with E-state index in [-0.39, 0.29) is 12.1 Å². The highest BCUT2D eigenvalue weighted by atomic mass is 16.5. The topological polar surface area (TPSA) is 76.3 Å². The average Bonchev–Trinajstić information content (AvgIpc) is 3.18. The molecule has 0 unspecified atom stereocenters. The van der Waals surface area contributed by atoms with E-state index in [1.165, 1.54) is 0 Å². The van der Waals surface area contributed by atoms with Crippen molar-refractivity contribution in [1.82, 2.24) is 9.88 Å². The number of fused-ring (bicyclic) bond motifs is 1. The molecule has 2 aromatic rings. The van der Waals surface area contributed by atoms with Crippen LogP contribution in [0.4, 0.5) is 5.69 Å². The van der Waals surface area contributed by atoms with E-state index >= 15 is 0 Å². The molecule has 4 rings (SSSR count). The minimum Gasteiger partial charge on any atom is -0.491 e. The molecule has 2 aliphatic rings. The normalized spacial score (nSPS) is 18.2. The first-order valence-corrected chi connectivity index (χ1v) is 10.7. The zero-order chi connectivity index (χ0) is 20.9. The molecular weight excluding hydrogens is 386 g/mol. The summed E-state index contributed by atoms with van der Waals surface area (Å²) < 4.78 is 22.3. The number of aromatic nitrogens is 1. The summed E-state index contributed by atoms with van der Waals surface area (Å²) >= 11 is 0. The molecule has 8 nitrogen and oxygen atoms in total. The fourth-order valence-corrected chi connectivity index (χ4v) is 3.88. The Kier molecular flexibility index (Phi) is 6.76. The fourth-order valence-electron chi connectivity index (χ4n) is 3.88. The van der Waals surface area contributed by atoms with Crippen molar-refractivity contribution in [2.75, 3.05) is 70.7 Å². The Morgan fingerprint density at radius 3 is 2.47 bits per heavy atom. The third-order valence-corrected chi connectivity index (χ3v) is 5.38. The summed E-state index contributed by atoms with van der Waals surface area (Å²) in [5, 5.41) is 0.994. The van der Waals surface area contributed by atoms with E-state index in [0.29, 0.717) is 25.5 Å². The number of morpholine rings is 2. The number of nitrogens with one attached hydrogen (secondary N) is 1. The summed E-state index contributed by atoms with van der Waals surface area (Å²) in [6.45, 7) is 11.3. The van der Waals surface area contributed by atoms with Crippen molar-refractivity contribution in [3.63, 3.8) is 0 Å². The van der Waals surface area contributed by atoms with Gasteiger partial charge in [-0.25, -0.2) is 4.79 Å². The van der Waals surface area contributed by atoms with E-state index in [1.807, 2.05) is 26.0 Å². The Morgan fingerprint density at radius 1 is 1.07 bits per heavy atom. The number of hydrogen-bond donors (Lipinski definition) is 1. The molecule has 164 valence electrons. The third-order valence-electron chi connectivity index (χ3n) is 5.38. The van der Waals surface area contributed by atoms with E-state index in [0.717, 1.165) is 68.3 Å². The number of ether oxygens (including phenoxy) is 4. The third kappa shape index (κ3) is 5.06. The van der Waals surface area contributed by atoms with Gasteiger partial charge in [0.25, 0.3) is 0 Å². The van der Waals surface area contributed by atoms with Crippen LogP contribution >= 0.6 is 0 Å². The Morgan fingerprint density at radius 2 is 1.77 bits per heavy atom. The summed E-state index contributed by atoms with van der Waals surface area (Å²) in [7, 11) is 0. The molecule has 2 aliphatic heterocycles. The van der Waals surface area contributed by atoms with E-state index < -0.39 is 0 Å². The lowest BCUT2D eigenvalue weighted by Crippen LogP contribution is -2.38.